The van der Waals surface area contributed by atoms with Crippen LogP contribution in [0, 0.1) is 11.3 Å². The Kier molecular flexibility index (Phi) is 5.97. The molecule has 0 fully saturated rings. The third kappa shape index (κ3) is 4.58. The van der Waals surface area contributed by atoms with Gasteiger partial charge in [0, 0.05) is 23.9 Å². The average molecular weight is 326 g/mol. The van der Waals surface area contributed by atoms with Crippen molar-refractivity contribution in [2.75, 3.05) is 13.2 Å². The van der Waals surface area contributed by atoms with Crippen LogP contribution >= 0.6 is 0 Å². The summed E-state index contributed by atoms with van der Waals surface area (Å²) in [6.45, 7) is 3.96. The Balaban J connectivity index is 2.12. The van der Waals surface area contributed by atoms with Crippen LogP contribution in [0.1, 0.15) is 20.3 Å². The van der Waals surface area contributed by atoms with E-state index in [0.29, 0.717) is 18.6 Å². The lowest BCUT2D eigenvalue weighted by atomic mass is 9.96. The molecule has 0 spiro atoms. The predicted molar refractivity (Wildman–Crippen MR) is 91.5 cm³/mol. The highest BCUT2D eigenvalue weighted by molar-refractivity contribution is 5.45. The van der Waals surface area contributed by atoms with Crippen molar-refractivity contribution in [3.05, 3.63) is 64.7 Å². The molecule has 3 N–H and O–H groups in total. The van der Waals surface area contributed by atoms with Crippen molar-refractivity contribution in [3.8, 4) is 6.07 Å². The summed E-state index contributed by atoms with van der Waals surface area (Å²) in [5.74, 6) is 0. The summed E-state index contributed by atoms with van der Waals surface area (Å²) < 4.78 is 5.60. The third-order valence-electron chi connectivity index (χ3n) is 3.82. The van der Waals surface area contributed by atoms with Gasteiger partial charge in [0.15, 0.2) is 0 Å². The molecule has 0 aromatic rings. The van der Waals surface area contributed by atoms with E-state index in [1.165, 1.54) is 0 Å². The van der Waals surface area contributed by atoms with Crippen molar-refractivity contribution in [2.24, 2.45) is 0 Å². The highest BCUT2D eigenvalue weighted by Gasteiger charge is 2.31. The first-order valence-electron chi connectivity index (χ1n) is 7.80. The maximum atomic E-state index is 9.48. The Labute approximate surface area is 142 Å². The Morgan fingerprint density at radius 3 is 3.00 bits per heavy atom. The molecule has 126 valence electrons. The fourth-order valence-corrected chi connectivity index (χ4v) is 2.50. The lowest BCUT2D eigenvalue weighted by molar-refractivity contribution is 0.0511. The number of aliphatic hydroxyl groups excluding tert-OH is 2. The predicted octanol–water partition coefficient (Wildman–Crippen LogP) is 2.00. The number of aliphatic hydroxyl groups is 2. The normalized spacial score (nSPS) is 20.5. The molecule has 0 radical (unpaired) electrons. The molecule has 2 rings (SSSR count). The van der Waals surface area contributed by atoms with Gasteiger partial charge in [0.2, 0.25) is 0 Å². The highest BCUT2D eigenvalue weighted by atomic mass is 16.5. The van der Waals surface area contributed by atoms with Gasteiger partial charge in [-0.05, 0) is 37.6 Å². The van der Waals surface area contributed by atoms with Crippen LogP contribution in [-0.4, -0.2) is 35.1 Å². The smallest absolute Gasteiger partial charge is 0.0975 e. The number of dihydropyridines is 1. The first-order chi connectivity index (χ1) is 11.5. The number of nitrogens with one attached hydrogen (secondary N) is 1. The second-order valence-electron chi connectivity index (χ2n) is 6.12. The summed E-state index contributed by atoms with van der Waals surface area (Å²) in [6.07, 6.45) is 10.6. The maximum Gasteiger partial charge on any atom is 0.0975 e. The summed E-state index contributed by atoms with van der Waals surface area (Å²) in [4.78, 5) is 0. The van der Waals surface area contributed by atoms with Crippen molar-refractivity contribution in [3.63, 3.8) is 0 Å². The van der Waals surface area contributed by atoms with Crippen LogP contribution in [0.2, 0.25) is 0 Å². The first kappa shape index (κ1) is 18.0. The van der Waals surface area contributed by atoms with E-state index in [9.17, 15) is 5.11 Å². The standard InChI is InChI=1S/C19H22N2O3/c1-19(2)18(15(11-20)13-24-19)6-4-3-5-14-7-8-21-16(9-14)10-17(23)12-22/h3-4,6-9,17,21-23H,10,12-13H2,1-2H3. The Hall–Kier alpha value is -2.35. The van der Waals surface area contributed by atoms with Crippen LogP contribution in [0.3, 0.4) is 0 Å². The van der Waals surface area contributed by atoms with Gasteiger partial charge in [-0.15, -0.1) is 5.73 Å². The zero-order valence-electron chi connectivity index (χ0n) is 13.9. The summed E-state index contributed by atoms with van der Waals surface area (Å²) in [5, 5.41) is 30.5. The summed E-state index contributed by atoms with van der Waals surface area (Å²) in [7, 11) is 0. The third-order valence-corrected chi connectivity index (χ3v) is 3.82. The monoisotopic (exact) mass is 326 g/mol. The number of nitrogens with zero attached hydrogens (tertiary/aromatic N) is 1. The zero-order valence-corrected chi connectivity index (χ0v) is 13.9. The molecule has 0 saturated carbocycles. The lowest BCUT2D eigenvalue weighted by Gasteiger charge is -2.19. The van der Waals surface area contributed by atoms with Gasteiger partial charge < -0.3 is 20.3 Å². The molecule has 1 atom stereocenters. The van der Waals surface area contributed by atoms with Gasteiger partial charge in [-0.25, -0.2) is 0 Å². The molecular weight excluding hydrogens is 304 g/mol. The molecule has 1 unspecified atom stereocenters. The van der Waals surface area contributed by atoms with Crippen LogP contribution in [0.15, 0.2) is 64.7 Å². The molecule has 24 heavy (non-hydrogen) atoms. The molecule has 0 bridgehead atoms. The van der Waals surface area contributed by atoms with Gasteiger partial charge in [0.05, 0.1) is 36.6 Å². The van der Waals surface area contributed by atoms with Gasteiger partial charge in [0.25, 0.3) is 0 Å². The minimum Gasteiger partial charge on any atom is -0.394 e. The minimum absolute atomic E-state index is 0.269. The largest absolute Gasteiger partial charge is 0.394 e. The molecular formula is C19H22N2O3. The second kappa shape index (κ2) is 7.96. The number of hydrogen-bond acceptors (Lipinski definition) is 5. The van der Waals surface area contributed by atoms with E-state index in [1.54, 1.807) is 12.3 Å². The zero-order chi connectivity index (χ0) is 17.6. The van der Waals surface area contributed by atoms with E-state index >= 15 is 0 Å². The van der Waals surface area contributed by atoms with E-state index < -0.39 is 11.7 Å². The van der Waals surface area contributed by atoms with Crippen LogP contribution in [-0.2, 0) is 4.74 Å². The number of rotatable bonds is 5. The number of allylic oxidation sites excluding steroid dienone is 4. The SMILES string of the molecule is CC1(C)OCC(C#N)=C1C=CC=C=C1C=CNC(CC(O)CO)=C1. The number of ether oxygens (including phenoxy) is 1. The van der Waals surface area contributed by atoms with Gasteiger partial charge >= 0.3 is 0 Å². The molecule has 0 amide bonds. The molecule has 0 saturated heterocycles. The van der Waals surface area contributed by atoms with E-state index in [4.69, 9.17) is 15.1 Å². The van der Waals surface area contributed by atoms with Gasteiger partial charge in [0.1, 0.15) is 0 Å². The quantitative estimate of drug-likeness (QED) is 0.531. The maximum absolute atomic E-state index is 9.48. The number of nitriles is 1. The number of hydrogen-bond donors (Lipinski definition) is 3. The van der Waals surface area contributed by atoms with Crippen LogP contribution < -0.4 is 5.32 Å². The molecule has 0 aromatic heterocycles. The van der Waals surface area contributed by atoms with E-state index in [0.717, 1.165) is 16.8 Å². The van der Waals surface area contributed by atoms with Crippen molar-refractivity contribution in [1.29, 1.82) is 5.26 Å². The molecule has 0 aromatic carbocycles. The molecule has 2 aliphatic rings. The molecule has 2 heterocycles. The molecule has 5 nitrogen and oxygen atoms in total. The van der Waals surface area contributed by atoms with Crippen LogP contribution in [0.25, 0.3) is 0 Å². The molecule has 0 aliphatic carbocycles. The molecule has 2 aliphatic heterocycles. The first-order valence-corrected chi connectivity index (χ1v) is 7.80. The molecule has 5 heteroatoms. The van der Waals surface area contributed by atoms with Crippen molar-refractivity contribution < 1.29 is 14.9 Å². The van der Waals surface area contributed by atoms with Crippen LogP contribution in [0.4, 0.5) is 0 Å². The summed E-state index contributed by atoms with van der Waals surface area (Å²) in [6, 6.07) is 2.18. The average Bonchev–Trinajstić information content (AvgIpc) is 2.86. The Bertz CT molecular complexity index is 711. The Morgan fingerprint density at radius 2 is 2.29 bits per heavy atom. The summed E-state index contributed by atoms with van der Waals surface area (Å²) >= 11 is 0. The van der Waals surface area contributed by atoms with Gasteiger partial charge in [-0.1, -0.05) is 12.2 Å². The van der Waals surface area contributed by atoms with E-state index in [1.807, 2.05) is 38.2 Å². The van der Waals surface area contributed by atoms with Crippen molar-refractivity contribution in [1.82, 2.24) is 5.32 Å². The highest BCUT2D eigenvalue weighted by Crippen LogP contribution is 2.31. The summed E-state index contributed by atoms with van der Waals surface area (Å²) in [5.41, 5.74) is 5.90. The Morgan fingerprint density at radius 1 is 1.50 bits per heavy atom. The van der Waals surface area contributed by atoms with Crippen molar-refractivity contribution >= 4 is 0 Å². The minimum atomic E-state index is -0.777. The van der Waals surface area contributed by atoms with Crippen molar-refractivity contribution in [2.45, 2.75) is 32.0 Å². The van der Waals surface area contributed by atoms with E-state index in [2.05, 4.69) is 17.1 Å². The fourth-order valence-electron chi connectivity index (χ4n) is 2.50. The van der Waals surface area contributed by atoms with E-state index in [-0.39, 0.29) is 6.61 Å². The van der Waals surface area contributed by atoms with Gasteiger partial charge in [-0.2, -0.15) is 5.26 Å². The topological polar surface area (TPSA) is 85.5 Å². The fraction of sp³-hybridized carbons (Fsp3) is 0.368. The lowest BCUT2D eigenvalue weighted by Crippen LogP contribution is -2.20. The van der Waals surface area contributed by atoms with Gasteiger partial charge in [-0.3, -0.25) is 0 Å². The second-order valence-corrected chi connectivity index (χ2v) is 6.12. The van der Waals surface area contributed by atoms with Crippen LogP contribution in [0.5, 0.6) is 0 Å².